The molecule has 0 aliphatic carbocycles. The molecule has 1 aliphatic rings. The SMILES string of the molecule is CCCCC(=O)CS1(OS(=O)(=O)C(F)(F)C(F)(F)C(F)(F)C(F)(F)F)CCCCC1. The summed E-state index contributed by atoms with van der Waals surface area (Å²) in [4.78, 5) is 12.0. The summed E-state index contributed by atoms with van der Waals surface area (Å²) < 4.78 is 146. The Bertz CT molecular complexity index is 714. The number of carbonyl (C=O) groups excluding carboxylic acids is 1. The van der Waals surface area contributed by atoms with Gasteiger partial charge in [-0.25, -0.2) is 3.63 Å². The molecule has 0 atom stereocenters. The molecule has 0 aromatic heterocycles. The quantitative estimate of drug-likeness (QED) is 0.376. The van der Waals surface area contributed by atoms with E-state index in [2.05, 4.69) is 3.63 Å². The number of Topliss-reactive ketones (excluding diaryl/α,β-unsaturated/α-hetero) is 1. The zero-order valence-electron chi connectivity index (χ0n) is 15.7. The minimum atomic E-state index is -7.36. The van der Waals surface area contributed by atoms with Crippen molar-refractivity contribution in [2.75, 3.05) is 17.3 Å². The first-order valence-electron chi connectivity index (χ1n) is 8.81. The van der Waals surface area contributed by atoms with Gasteiger partial charge in [-0.3, -0.25) is 4.79 Å². The van der Waals surface area contributed by atoms with Crippen LogP contribution in [0.5, 0.6) is 0 Å². The second-order valence-corrected chi connectivity index (χ2v) is 11.9. The Hall–Kier alpha value is -0.700. The van der Waals surface area contributed by atoms with Gasteiger partial charge in [0.15, 0.2) is 0 Å². The summed E-state index contributed by atoms with van der Waals surface area (Å²) in [5.74, 6) is -16.5. The molecule has 0 bridgehead atoms. The third kappa shape index (κ3) is 5.19. The van der Waals surface area contributed by atoms with Gasteiger partial charge in [-0.2, -0.15) is 47.9 Å². The van der Waals surface area contributed by atoms with Crippen LogP contribution >= 0.6 is 10.3 Å². The largest absolute Gasteiger partial charge is 0.460 e. The summed E-state index contributed by atoms with van der Waals surface area (Å²) in [6.07, 6.45) is -5.44. The van der Waals surface area contributed by atoms with E-state index in [1.165, 1.54) is 0 Å². The second-order valence-electron chi connectivity index (χ2n) is 6.91. The number of halogens is 9. The van der Waals surface area contributed by atoms with Crippen molar-refractivity contribution in [2.24, 2.45) is 0 Å². The molecule has 15 heteroatoms. The number of unbranched alkanes of at least 4 members (excludes halogenated alkanes) is 1. The van der Waals surface area contributed by atoms with E-state index in [0.29, 0.717) is 19.3 Å². The Labute approximate surface area is 169 Å². The van der Waals surface area contributed by atoms with Crippen LogP contribution < -0.4 is 0 Å². The smallest absolute Gasteiger partial charge is 0.299 e. The van der Waals surface area contributed by atoms with E-state index in [4.69, 9.17) is 0 Å². The molecule has 180 valence electrons. The summed E-state index contributed by atoms with van der Waals surface area (Å²) in [6, 6.07) is 0. The predicted octanol–water partition coefficient (Wildman–Crippen LogP) is 5.42. The number of rotatable bonds is 10. The molecule has 1 rings (SSSR count). The Balaban J connectivity index is 3.30. The van der Waals surface area contributed by atoms with Crippen LogP contribution in [0.1, 0.15) is 45.4 Å². The van der Waals surface area contributed by atoms with Crippen molar-refractivity contribution >= 4 is 26.2 Å². The first kappa shape index (κ1) is 27.3. The van der Waals surface area contributed by atoms with Gasteiger partial charge in [-0.05, 0) is 19.3 Å². The molecule has 0 unspecified atom stereocenters. The molecular formula is C15H21F9O4S2. The Morgan fingerprint density at radius 2 is 1.40 bits per heavy atom. The lowest BCUT2D eigenvalue weighted by molar-refractivity contribution is -0.382. The standard InChI is InChI=1S/C15H21F9O4S2/c1-2-3-7-11(25)10-29(8-5-4-6-9-29)28-30(26,27)15(23,24)13(18,19)12(16,17)14(20,21)22/h2-10H2,1H3. The minimum absolute atomic E-state index is 0.0760. The molecule has 1 saturated heterocycles. The van der Waals surface area contributed by atoms with E-state index in [1.807, 2.05) is 0 Å². The Kier molecular flexibility index (Phi) is 8.24. The maximum Gasteiger partial charge on any atom is 0.460 e. The molecule has 4 nitrogen and oxygen atoms in total. The average Bonchev–Trinajstić information content (AvgIpc) is 2.58. The summed E-state index contributed by atoms with van der Waals surface area (Å²) >= 11 is 0. The summed E-state index contributed by atoms with van der Waals surface area (Å²) in [5.41, 5.74) is 0. The van der Waals surface area contributed by atoms with Crippen molar-refractivity contribution in [3.8, 4) is 0 Å². The zero-order valence-corrected chi connectivity index (χ0v) is 17.3. The minimum Gasteiger partial charge on any atom is -0.299 e. The molecule has 1 heterocycles. The van der Waals surface area contributed by atoms with E-state index >= 15 is 0 Å². The molecule has 0 spiro atoms. The first-order chi connectivity index (χ1) is 13.4. The fourth-order valence-electron chi connectivity index (χ4n) is 2.74. The molecule has 0 saturated carbocycles. The lowest BCUT2D eigenvalue weighted by Crippen LogP contribution is -2.63. The van der Waals surface area contributed by atoms with Crippen LogP contribution in [0.4, 0.5) is 39.5 Å². The lowest BCUT2D eigenvalue weighted by Gasteiger charge is -2.42. The van der Waals surface area contributed by atoms with E-state index in [0.717, 1.165) is 0 Å². The van der Waals surface area contributed by atoms with Gasteiger partial charge >= 0.3 is 33.4 Å². The van der Waals surface area contributed by atoms with Gasteiger partial charge in [0, 0.05) is 17.9 Å². The van der Waals surface area contributed by atoms with Crippen molar-refractivity contribution in [1.29, 1.82) is 0 Å². The highest BCUT2D eigenvalue weighted by Gasteiger charge is 2.86. The molecule has 0 aromatic rings. The van der Waals surface area contributed by atoms with Gasteiger partial charge in [0.1, 0.15) is 5.78 Å². The molecule has 0 aromatic carbocycles. The molecule has 0 amide bonds. The molecule has 1 aliphatic heterocycles. The Morgan fingerprint density at radius 3 is 1.83 bits per heavy atom. The van der Waals surface area contributed by atoms with Crippen LogP contribution in [-0.4, -0.2) is 54.7 Å². The van der Waals surface area contributed by atoms with Crippen molar-refractivity contribution < 1.29 is 56.4 Å². The van der Waals surface area contributed by atoms with Crippen LogP contribution in [-0.2, 0) is 18.5 Å². The number of hydrogen-bond donors (Lipinski definition) is 0. The van der Waals surface area contributed by atoms with Crippen molar-refractivity contribution in [1.82, 2.24) is 0 Å². The first-order valence-corrected chi connectivity index (χ1v) is 12.3. The van der Waals surface area contributed by atoms with Gasteiger partial charge in [-0.15, -0.1) is 10.3 Å². The molecular weight excluding hydrogens is 479 g/mol. The number of ketones is 1. The monoisotopic (exact) mass is 500 g/mol. The second kappa shape index (κ2) is 9.04. The zero-order chi connectivity index (χ0) is 23.6. The number of alkyl halides is 9. The third-order valence-corrected chi connectivity index (χ3v) is 10.1. The summed E-state index contributed by atoms with van der Waals surface area (Å²) in [7, 11) is -10.3. The fraction of sp³-hybridized carbons (Fsp3) is 0.933. The maximum atomic E-state index is 14.0. The van der Waals surface area contributed by atoms with E-state index in [9.17, 15) is 52.7 Å². The summed E-state index contributed by atoms with van der Waals surface area (Å²) in [5, 5.41) is -6.90. The Morgan fingerprint density at radius 1 is 0.900 bits per heavy atom. The van der Waals surface area contributed by atoms with Crippen LogP contribution in [0.2, 0.25) is 0 Å². The predicted molar refractivity (Wildman–Crippen MR) is 91.5 cm³/mol. The lowest BCUT2D eigenvalue weighted by atomic mass is 10.1. The highest BCUT2D eigenvalue weighted by molar-refractivity contribution is 8.33. The number of hydrogen-bond acceptors (Lipinski definition) is 4. The van der Waals surface area contributed by atoms with Crippen LogP contribution in [0.3, 0.4) is 0 Å². The van der Waals surface area contributed by atoms with Crippen molar-refractivity contribution in [2.45, 2.75) is 68.7 Å². The normalized spacial score (nSPS) is 20.1. The topological polar surface area (TPSA) is 60.4 Å². The average molecular weight is 500 g/mol. The van der Waals surface area contributed by atoms with Crippen LogP contribution in [0, 0.1) is 0 Å². The van der Waals surface area contributed by atoms with Crippen LogP contribution in [0.15, 0.2) is 0 Å². The van der Waals surface area contributed by atoms with Gasteiger partial charge < -0.3 is 0 Å². The number of carbonyl (C=O) groups is 1. The third-order valence-electron chi connectivity index (χ3n) is 4.43. The molecule has 0 N–H and O–H groups in total. The van der Waals surface area contributed by atoms with Crippen LogP contribution in [0.25, 0.3) is 0 Å². The van der Waals surface area contributed by atoms with Crippen molar-refractivity contribution in [3.05, 3.63) is 0 Å². The highest BCUT2D eigenvalue weighted by atomic mass is 32.3. The van der Waals surface area contributed by atoms with Crippen molar-refractivity contribution in [3.63, 3.8) is 0 Å². The highest BCUT2D eigenvalue weighted by Crippen LogP contribution is 2.60. The van der Waals surface area contributed by atoms with Gasteiger partial charge in [0.2, 0.25) is 0 Å². The molecule has 30 heavy (non-hydrogen) atoms. The molecule has 1 fully saturated rings. The van der Waals surface area contributed by atoms with Gasteiger partial charge in [0.25, 0.3) is 0 Å². The summed E-state index contributed by atoms with van der Waals surface area (Å²) in [6.45, 7) is 1.72. The van der Waals surface area contributed by atoms with E-state index < -0.39 is 55.2 Å². The maximum absolute atomic E-state index is 14.0. The van der Waals surface area contributed by atoms with Gasteiger partial charge in [-0.1, -0.05) is 19.8 Å². The fourth-order valence-corrected chi connectivity index (χ4v) is 8.46. The van der Waals surface area contributed by atoms with Gasteiger partial charge in [0.05, 0.1) is 5.75 Å². The molecule has 0 radical (unpaired) electrons. The van der Waals surface area contributed by atoms with E-state index in [1.54, 1.807) is 6.92 Å². The van der Waals surface area contributed by atoms with E-state index in [-0.39, 0.29) is 30.8 Å².